The zero-order valence-corrected chi connectivity index (χ0v) is 19.6. The maximum atomic E-state index is 13.4. The van der Waals surface area contributed by atoms with Gasteiger partial charge in [-0.15, -0.1) is 0 Å². The van der Waals surface area contributed by atoms with Gasteiger partial charge in [-0.1, -0.05) is 6.07 Å². The summed E-state index contributed by atoms with van der Waals surface area (Å²) in [6.07, 6.45) is 3.71. The number of alkyl halides is 3. The van der Waals surface area contributed by atoms with E-state index in [4.69, 9.17) is 0 Å². The lowest BCUT2D eigenvalue weighted by Gasteiger charge is -2.39. The summed E-state index contributed by atoms with van der Waals surface area (Å²) < 4.78 is 67.2. The molecule has 1 saturated heterocycles. The summed E-state index contributed by atoms with van der Waals surface area (Å²) in [5, 5.41) is 5.89. The smallest absolute Gasteiger partial charge is 0.366 e. The fourth-order valence-electron chi connectivity index (χ4n) is 3.99. The van der Waals surface area contributed by atoms with Gasteiger partial charge in [-0.2, -0.15) is 18.3 Å². The summed E-state index contributed by atoms with van der Waals surface area (Å²) in [4.78, 5) is 22.2. The normalized spacial score (nSPS) is 14.6. The number of amides is 1. The number of sulfone groups is 1. The Bertz CT molecular complexity index is 1580. The largest absolute Gasteiger partial charge is 0.417 e. The Morgan fingerprint density at radius 1 is 1.08 bits per heavy atom. The predicted octanol–water partition coefficient (Wildman–Crippen LogP) is 3.37. The van der Waals surface area contributed by atoms with E-state index >= 15 is 0 Å². The third-order valence-electron chi connectivity index (χ3n) is 6.01. The molecule has 0 bridgehead atoms. The highest BCUT2D eigenvalue weighted by Crippen LogP contribution is 2.33. The summed E-state index contributed by atoms with van der Waals surface area (Å²) in [5.74, 6) is -0.748. The summed E-state index contributed by atoms with van der Waals surface area (Å²) >= 11 is 0. The average Bonchev–Trinajstić information content (AvgIpc) is 3.21. The highest BCUT2D eigenvalue weighted by molar-refractivity contribution is 7.92. The number of pyridine rings is 1. The number of carbonyl (C=O) groups is 1. The Kier molecular flexibility index (Phi) is 5.66. The van der Waals surface area contributed by atoms with Gasteiger partial charge in [-0.3, -0.25) is 14.8 Å². The van der Waals surface area contributed by atoms with Gasteiger partial charge in [0.15, 0.2) is 9.84 Å². The second-order valence-corrected chi connectivity index (χ2v) is 10.6. The van der Waals surface area contributed by atoms with E-state index in [9.17, 15) is 26.4 Å². The molecule has 5 rings (SSSR count). The molecule has 36 heavy (non-hydrogen) atoms. The van der Waals surface area contributed by atoms with Crippen LogP contribution in [0.15, 0.2) is 66.3 Å². The average molecular weight is 517 g/mol. The van der Waals surface area contributed by atoms with Crippen molar-refractivity contribution in [2.45, 2.75) is 23.2 Å². The van der Waals surface area contributed by atoms with Gasteiger partial charge in [-0.25, -0.2) is 12.9 Å². The van der Waals surface area contributed by atoms with Crippen molar-refractivity contribution in [3.63, 3.8) is 0 Å². The first-order chi connectivity index (χ1) is 17.0. The van der Waals surface area contributed by atoms with Crippen LogP contribution in [-0.4, -0.2) is 52.2 Å². The van der Waals surface area contributed by atoms with Crippen molar-refractivity contribution < 1.29 is 26.4 Å². The fourth-order valence-corrected chi connectivity index (χ4v) is 5.91. The first kappa shape index (κ1) is 23.7. The van der Waals surface area contributed by atoms with E-state index in [-0.39, 0.29) is 29.2 Å². The number of aryl methyl sites for hydroxylation is 1. The van der Waals surface area contributed by atoms with Crippen LogP contribution in [0, 0.1) is 6.92 Å². The van der Waals surface area contributed by atoms with Crippen LogP contribution in [0.2, 0.25) is 0 Å². The minimum Gasteiger partial charge on any atom is -0.366 e. The van der Waals surface area contributed by atoms with Gasteiger partial charge in [0, 0.05) is 37.2 Å². The Morgan fingerprint density at radius 2 is 1.86 bits per heavy atom. The molecule has 0 saturated carbocycles. The second-order valence-electron chi connectivity index (χ2n) is 8.40. The number of hydrogen-bond acceptors (Lipinski definition) is 7. The van der Waals surface area contributed by atoms with E-state index in [2.05, 4.69) is 20.4 Å². The maximum Gasteiger partial charge on any atom is 0.417 e. The lowest BCUT2D eigenvalue weighted by molar-refractivity contribution is -0.137. The third-order valence-corrected chi connectivity index (χ3v) is 8.24. The molecule has 3 aromatic heterocycles. The SMILES string of the molecule is Cc1ccc(C(=O)Nc2cncc(C(F)(F)F)c2)cc1S(=O)(=O)C1CN(c2cnn3ccncc23)C1. The van der Waals surface area contributed by atoms with Crippen molar-refractivity contribution in [2.75, 3.05) is 23.3 Å². The molecule has 4 heterocycles. The van der Waals surface area contributed by atoms with Crippen LogP contribution in [0.5, 0.6) is 0 Å². The zero-order valence-electron chi connectivity index (χ0n) is 18.8. The van der Waals surface area contributed by atoms with Crippen LogP contribution < -0.4 is 10.2 Å². The molecular formula is C23H19F3N6O3S. The number of rotatable bonds is 5. The highest BCUT2D eigenvalue weighted by atomic mass is 32.2. The van der Waals surface area contributed by atoms with Crippen molar-refractivity contribution in [1.82, 2.24) is 19.6 Å². The minimum absolute atomic E-state index is 0.00136. The van der Waals surface area contributed by atoms with Gasteiger partial charge < -0.3 is 10.2 Å². The molecule has 1 fully saturated rings. The highest BCUT2D eigenvalue weighted by Gasteiger charge is 2.40. The predicted molar refractivity (Wildman–Crippen MR) is 125 cm³/mol. The van der Waals surface area contributed by atoms with Gasteiger partial charge in [0.25, 0.3) is 5.91 Å². The van der Waals surface area contributed by atoms with Crippen molar-refractivity contribution >= 4 is 32.6 Å². The fraction of sp³-hybridized carbons (Fsp3) is 0.217. The summed E-state index contributed by atoms with van der Waals surface area (Å²) in [6, 6.07) is 4.93. The number of benzene rings is 1. The Labute approximate surface area is 203 Å². The Balaban J connectivity index is 1.34. The summed E-state index contributed by atoms with van der Waals surface area (Å²) in [7, 11) is -3.79. The molecule has 9 nitrogen and oxygen atoms in total. The van der Waals surface area contributed by atoms with Crippen LogP contribution in [0.3, 0.4) is 0 Å². The summed E-state index contributed by atoms with van der Waals surface area (Å²) in [6.45, 7) is 2.10. The van der Waals surface area contributed by atoms with Crippen molar-refractivity contribution in [3.8, 4) is 0 Å². The lowest BCUT2D eigenvalue weighted by Crippen LogP contribution is -2.54. The molecule has 1 N–H and O–H groups in total. The van der Waals surface area contributed by atoms with E-state index in [0.717, 1.165) is 23.5 Å². The monoisotopic (exact) mass is 516 g/mol. The second kappa shape index (κ2) is 8.59. The lowest BCUT2D eigenvalue weighted by atomic mass is 10.1. The van der Waals surface area contributed by atoms with Crippen molar-refractivity contribution in [1.29, 1.82) is 0 Å². The Morgan fingerprint density at radius 3 is 2.61 bits per heavy atom. The molecule has 4 aromatic rings. The van der Waals surface area contributed by atoms with E-state index < -0.39 is 32.7 Å². The molecule has 1 aliphatic heterocycles. The van der Waals surface area contributed by atoms with E-state index in [1.165, 1.54) is 18.2 Å². The quantitative estimate of drug-likeness (QED) is 0.433. The molecule has 1 aromatic carbocycles. The summed E-state index contributed by atoms with van der Waals surface area (Å²) in [5.41, 5.74) is 0.829. The van der Waals surface area contributed by atoms with Gasteiger partial charge in [0.2, 0.25) is 0 Å². The minimum atomic E-state index is -4.62. The zero-order chi connectivity index (χ0) is 25.7. The van der Waals surface area contributed by atoms with Crippen LogP contribution in [0.1, 0.15) is 21.5 Å². The van der Waals surface area contributed by atoms with Crippen molar-refractivity contribution in [2.24, 2.45) is 0 Å². The van der Waals surface area contributed by atoms with Gasteiger partial charge >= 0.3 is 6.18 Å². The number of nitrogens with zero attached hydrogens (tertiary/aromatic N) is 5. The van der Waals surface area contributed by atoms with Crippen LogP contribution in [0.4, 0.5) is 24.5 Å². The van der Waals surface area contributed by atoms with Crippen LogP contribution >= 0.6 is 0 Å². The first-order valence-electron chi connectivity index (χ1n) is 10.7. The molecular weight excluding hydrogens is 497 g/mol. The van der Waals surface area contributed by atoms with E-state index in [0.29, 0.717) is 11.8 Å². The van der Waals surface area contributed by atoms with Crippen LogP contribution in [-0.2, 0) is 16.0 Å². The van der Waals surface area contributed by atoms with Gasteiger partial charge in [0.1, 0.15) is 10.8 Å². The number of hydrogen-bond donors (Lipinski definition) is 1. The number of halogens is 3. The number of nitrogens with one attached hydrogen (secondary N) is 1. The molecule has 0 atom stereocenters. The number of carbonyl (C=O) groups excluding carboxylic acids is 1. The van der Waals surface area contributed by atoms with Crippen molar-refractivity contribution in [3.05, 3.63) is 78.1 Å². The number of aromatic nitrogens is 4. The molecule has 1 amide bonds. The van der Waals surface area contributed by atoms with Gasteiger partial charge in [0.05, 0.1) is 40.4 Å². The molecule has 0 aliphatic carbocycles. The molecule has 186 valence electrons. The molecule has 0 radical (unpaired) electrons. The number of fused-ring (bicyclic) bond motifs is 1. The van der Waals surface area contributed by atoms with Crippen LogP contribution in [0.25, 0.3) is 5.52 Å². The number of anilines is 2. The topological polar surface area (TPSA) is 110 Å². The molecule has 13 heteroatoms. The molecule has 0 spiro atoms. The molecule has 1 aliphatic rings. The standard InChI is InChI=1S/C23H19F3N6O3S/c1-14-2-3-15(22(33)30-17-7-16(8-28-9-17)23(24,25)26)6-21(14)36(34,35)18-12-31(13-18)19-11-29-32-5-4-27-10-20(19)32/h2-11,18H,12-13H2,1H3,(H,30,33). The molecule has 0 unspecified atom stereocenters. The van der Waals surface area contributed by atoms with Gasteiger partial charge in [-0.05, 0) is 30.7 Å². The first-order valence-corrected chi connectivity index (χ1v) is 12.3. The third kappa shape index (κ3) is 4.26. The maximum absolute atomic E-state index is 13.4. The Hall–Kier alpha value is -4.00. The van der Waals surface area contributed by atoms with E-state index in [1.807, 2.05) is 4.90 Å². The van der Waals surface area contributed by atoms with E-state index in [1.54, 1.807) is 36.2 Å².